The second-order valence-corrected chi connectivity index (χ2v) is 8.66. The molecule has 1 aliphatic rings. The molecule has 4 N–H and O–H groups in total. The van der Waals surface area contributed by atoms with Gasteiger partial charge in [0.15, 0.2) is 0 Å². The first-order valence-corrected chi connectivity index (χ1v) is 10.9. The van der Waals surface area contributed by atoms with Gasteiger partial charge in [-0.3, -0.25) is 14.5 Å². The van der Waals surface area contributed by atoms with Gasteiger partial charge in [0, 0.05) is 30.3 Å². The van der Waals surface area contributed by atoms with Crippen molar-refractivity contribution in [3.63, 3.8) is 0 Å². The second kappa shape index (κ2) is 10.3. The molecule has 2 aromatic rings. The fourth-order valence-electron chi connectivity index (χ4n) is 2.99. The zero-order chi connectivity index (χ0) is 22.4. The molecule has 1 aliphatic heterocycles. The number of aromatic hydroxyl groups is 3. The van der Waals surface area contributed by atoms with E-state index in [-0.39, 0.29) is 29.1 Å². The average molecular weight is 459 g/mol. The Hall–Kier alpha value is -3.04. The molecule has 1 heterocycles. The van der Waals surface area contributed by atoms with Crippen LogP contribution in [0.5, 0.6) is 17.2 Å². The molecule has 1 fully saturated rings. The highest BCUT2D eigenvalue weighted by Gasteiger charge is 2.31. The third kappa shape index (κ3) is 6.22. The van der Waals surface area contributed by atoms with Crippen molar-refractivity contribution in [1.29, 1.82) is 0 Å². The quantitative estimate of drug-likeness (QED) is 0.203. The van der Waals surface area contributed by atoms with Crippen LogP contribution in [0, 0.1) is 0 Å². The maximum absolute atomic E-state index is 12.6. The highest BCUT2D eigenvalue weighted by Crippen LogP contribution is 2.35. The van der Waals surface area contributed by atoms with Crippen LogP contribution in [0.4, 0.5) is 5.69 Å². The summed E-state index contributed by atoms with van der Waals surface area (Å²) in [5, 5.41) is 31.3. The van der Waals surface area contributed by atoms with Gasteiger partial charge in [0.2, 0.25) is 5.91 Å². The van der Waals surface area contributed by atoms with Crippen molar-refractivity contribution in [3.8, 4) is 17.2 Å². The minimum Gasteiger partial charge on any atom is -0.508 e. The van der Waals surface area contributed by atoms with E-state index >= 15 is 0 Å². The Bertz CT molecular complexity index is 1020. The number of amides is 2. The highest BCUT2D eigenvalue weighted by molar-refractivity contribution is 8.26. The van der Waals surface area contributed by atoms with Gasteiger partial charge in [-0.1, -0.05) is 30.4 Å². The Morgan fingerprint density at radius 1 is 1.03 bits per heavy atom. The molecule has 0 aliphatic carbocycles. The van der Waals surface area contributed by atoms with Crippen LogP contribution in [0.15, 0.2) is 47.4 Å². The van der Waals surface area contributed by atoms with E-state index in [1.807, 2.05) is 0 Å². The molecule has 9 heteroatoms. The SMILES string of the molecule is O=C(CCCCCN1C(=O)/C(=C/c2ccc(O)cc2O)SC1=S)Nc1ccc(O)cc1. The van der Waals surface area contributed by atoms with Crippen LogP contribution in [0.2, 0.25) is 0 Å². The second-order valence-electron chi connectivity index (χ2n) is 6.98. The number of benzene rings is 2. The molecule has 31 heavy (non-hydrogen) atoms. The molecule has 0 saturated carbocycles. The van der Waals surface area contributed by atoms with E-state index in [1.54, 1.807) is 18.2 Å². The minimum absolute atomic E-state index is 0.0565. The van der Waals surface area contributed by atoms with Gasteiger partial charge in [-0.15, -0.1) is 0 Å². The summed E-state index contributed by atoms with van der Waals surface area (Å²) in [5.74, 6) is -0.348. The fourth-order valence-corrected chi connectivity index (χ4v) is 4.29. The summed E-state index contributed by atoms with van der Waals surface area (Å²) in [6.45, 7) is 0.461. The van der Waals surface area contributed by atoms with Crippen LogP contribution < -0.4 is 5.32 Å². The predicted octanol–water partition coefficient (Wildman–Crippen LogP) is 4.20. The molecule has 0 radical (unpaired) electrons. The Labute approximate surface area is 189 Å². The number of nitrogens with one attached hydrogen (secondary N) is 1. The van der Waals surface area contributed by atoms with Gasteiger partial charge in [0.05, 0.1) is 4.91 Å². The summed E-state index contributed by atoms with van der Waals surface area (Å²) in [5.41, 5.74) is 1.06. The van der Waals surface area contributed by atoms with Crippen molar-refractivity contribution in [1.82, 2.24) is 4.90 Å². The number of unbranched alkanes of at least 4 members (excludes halogenated alkanes) is 2. The lowest BCUT2D eigenvalue weighted by Crippen LogP contribution is -2.29. The number of phenols is 3. The van der Waals surface area contributed by atoms with Crippen LogP contribution in [0.3, 0.4) is 0 Å². The molecular weight excluding hydrogens is 436 g/mol. The van der Waals surface area contributed by atoms with E-state index in [4.69, 9.17) is 12.2 Å². The molecule has 0 atom stereocenters. The summed E-state index contributed by atoms with van der Waals surface area (Å²) < 4.78 is 0.458. The molecular formula is C22H22N2O5S2. The van der Waals surface area contributed by atoms with Crippen LogP contribution in [-0.4, -0.2) is 42.9 Å². The standard InChI is InChI=1S/C22H22N2O5S2/c25-16-9-6-15(7-10-16)23-20(28)4-2-1-3-11-24-21(29)19(31-22(24)30)12-14-5-8-17(26)13-18(14)27/h5-10,12-13,25-27H,1-4,11H2,(H,23,28)/b19-12-. The molecule has 0 unspecified atom stereocenters. The van der Waals surface area contributed by atoms with Gasteiger partial charge in [0.1, 0.15) is 21.6 Å². The lowest BCUT2D eigenvalue weighted by atomic mass is 10.1. The number of nitrogens with zero attached hydrogens (tertiary/aromatic N) is 1. The zero-order valence-corrected chi connectivity index (χ0v) is 18.2. The van der Waals surface area contributed by atoms with E-state index < -0.39 is 0 Å². The summed E-state index contributed by atoms with van der Waals surface area (Å²) in [6, 6.07) is 10.5. The van der Waals surface area contributed by atoms with Crippen LogP contribution in [0.25, 0.3) is 6.08 Å². The Kier molecular flexibility index (Phi) is 7.54. The molecule has 162 valence electrons. The van der Waals surface area contributed by atoms with E-state index in [1.165, 1.54) is 47.0 Å². The maximum Gasteiger partial charge on any atom is 0.266 e. The van der Waals surface area contributed by atoms with E-state index in [0.717, 1.165) is 6.42 Å². The lowest BCUT2D eigenvalue weighted by Gasteiger charge is -2.14. The van der Waals surface area contributed by atoms with Gasteiger partial charge in [0.25, 0.3) is 5.91 Å². The average Bonchev–Trinajstić information content (AvgIpc) is 2.98. The van der Waals surface area contributed by atoms with Crippen LogP contribution in [-0.2, 0) is 9.59 Å². The van der Waals surface area contributed by atoms with E-state index in [2.05, 4.69) is 5.32 Å². The third-order valence-corrected chi connectivity index (χ3v) is 5.99. The number of thioether (sulfide) groups is 1. The van der Waals surface area contributed by atoms with Crippen molar-refractivity contribution in [3.05, 3.63) is 52.9 Å². The summed E-state index contributed by atoms with van der Waals surface area (Å²) in [6.07, 6.45) is 4.06. The Morgan fingerprint density at radius 2 is 1.74 bits per heavy atom. The first-order chi connectivity index (χ1) is 14.8. The van der Waals surface area contributed by atoms with Gasteiger partial charge in [-0.05, 0) is 55.3 Å². The molecule has 2 aromatic carbocycles. The van der Waals surface area contributed by atoms with Gasteiger partial charge in [-0.2, -0.15) is 0 Å². The molecule has 2 amide bonds. The number of hydrogen-bond donors (Lipinski definition) is 4. The molecule has 0 aromatic heterocycles. The Balaban J connectivity index is 1.43. The largest absolute Gasteiger partial charge is 0.508 e. The highest BCUT2D eigenvalue weighted by atomic mass is 32.2. The van der Waals surface area contributed by atoms with E-state index in [9.17, 15) is 24.9 Å². The van der Waals surface area contributed by atoms with Crippen molar-refractivity contribution < 1.29 is 24.9 Å². The monoisotopic (exact) mass is 458 g/mol. The number of hydrogen-bond acceptors (Lipinski definition) is 7. The number of carbonyl (C=O) groups excluding carboxylic acids is 2. The maximum atomic E-state index is 12.6. The molecule has 7 nitrogen and oxygen atoms in total. The first-order valence-electron chi connectivity index (χ1n) is 9.70. The smallest absolute Gasteiger partial charge is 0.266 e. The topological polar surface area (TPSA) is 110 Å². The molecule has 0 bridgehead atoms. The third-order valence-electron chi connectivity index (χ3n) is 4.61. The fraction of sp³-hybridized carbons (Fsp3) is 0.227. The van der Waals surface area contributed by atoms with Crippen LogP contribution in [0.1, 0.15) is 31.2 Å². The van der Waals surface area contributed by atoms with Crippen molar-refractivity contribution in [2.24, 2.45) is 0 Å². The number of carbonyl (C=O) groups is 2. The molecule has 0 spiro atoms. The normalized spacial score (nSPS) is 15.0. The molecule has 1 saturated heterocycles. The van der Waals surface area contributed by atoms with Crippen LogP contribution >= 0.6 is 24.0 Å². The first kappa shape index (κ1) is 22.6. The lowest BCUT2D eigenvalue weighted by molar-refractivity contribution is -0.122. The predicted molar refractivity (Wildman–Crippen MR) is 125 cm³/mol. The number of phenolic OH excluding ortho intramolecular Hbond substituents is 3. The Morgan fingerprint density at radius 3 is 2.45 bits per heavy atom. The summed E-state index contributed by atoms with van der Waals surface area (Å²) in [7, 11) is 0. The van der Waals surface area contributed by atoms with Gasteiger partial charge < -0.3 is 20.6 Å². The summed E-state index contributed by atoms with van der Waals surface area (Å²) in [4.78, 5) is 26.6. The van der Waals surface area contributed by atoms with Crippen molar-refractivity contribution >= 4 is 51.9 Å². The number of anilines is 1. The summed E-state index contributed by atoms with van der Waals surface area (Å²) >= 11 is 6.48. The van der Waals surface area contributed by atoms with Gasteiger partial charge >= 0.3 is 0 Å². The number of thiocarbonyl (C=S) groups is 1. The van der Waals surface area contributed by atoms with Gasteiger partial charge in [-0.25, -0.2) is 0 Å². The van der Waals surface area contributed by atoms with E-state index in [0.29, 0.717) is 46.3 Å². The minimum atomic E-state index is -0.215. The molecule has 3 rings (SSSR count). The zero-order valence-electron chi connectivity index (χ0n) is 16.6. The van der Waals surface area contributed by atoms with Crippen molar-refractivity contribution in [2.45, 2.75) is 25.7 Å². The van der Waals surface area contributed by atoms with Crippen molar-refractivity contribution in [2.75, 3.05) is 11.9 Å². The number of rotatable bonds is 8.